The third kappa shape index (κ3) is 4.15. The van der Waals surface area contributed by atoms with Crippen molar-refractivity contribution in [3.63, 3.8) is 0 Å². The molecule has 0 atom stereocenters. The Hall–Kier alpha value is -1.71. The second-order valence-electron chi connectivity index (χ2n) is 4.11. The molecule has 1 aromatic rings. The number of nitrogens with zero attached hydrogens (tertiary/aromatic N) is 2. The third-order valence-electron chi connectivity index (χ3n) is 2.70. The standard InChI is InChI=1S/C12H15ClN2O6S/c1-3-14(8-12(16)21-4-2)22(19,20)11-7-9(13)5-6-10(11)15(17)18/h5-7H,3-4,8H2,1-2H3. The predicted octanol–water partition coefficient (Wildman–Crippen LogP) is 1.82. The Morgan fingerprint density at radius 2 is 2.05 bits per heavy atom. The van der Waals surface area contributed by atoms with Crippen LogP contribution in [0, 0.1) is 10.1 Å². The van der Waals surface area contributed by atoms with Gasteiger partial charge in [-0.3, -0.25) is 14.9 Å². The fraction of sp³-hybridized carbons (Fsp3) is 0.417. The lowest BCUT2D eigenvalue weighted by atomic mass is 10.3. The zero-order valence-corrected chi connectivity index (χ0v) is 13.6. The van der Waals surface area contributed by atoms with Gasteiger partial charge in [0.1, 0.15) is 6.54 Å². The number of rotatable bonds is 7. The number of carbonyl (C=O) groups is 1. The van der Waals surface area contributed by atoms with Crippen LogP contribution in [-0.2, 0) is 19.6 Å². The van der Waals surface area contributed by atoms with Gasteiger partial charge in [0.25, 0.3) is 5.69 Å². The van der Waals surface area contributed by atoms with E-state index in [-0.39, 0.29) is 18.2 Å². The molecule has 0 radical (unpaired) electrons. The van der Waals surface area contributed by atoms with E-state index in [1.165, 1.54) is 13.0 Å². The largest absolute Gasteiger partial charge is 0.465 e. The number of esters is 1. The SMILES string of the molecule is CCOC(=O)CN(CC)S(=O)(=O)c1cc(Cl)ccc1[N+](=O)[O-]. The van der Waals surface area contributed by atoms with Crippen LogP contribution in [0.4, 0.5) is 5.69 Å². The smallest absolute Gasteiger partial charge is 0.321 e. The monoisotopic (exact) mass is 350 g/mol. The summed E-state index contributed by atoms with van der Waals surface area (Å²) in [7, 11) is -4.26. The number of sulfonamides is 1. The highest BCUT2D eigenvalue weighted by atomic mass is 35.5. The summed E-state index contributed by atoms with van der Waals surface area (Å²) < 4.78 is 30.6. The molecule has 0 spiro atoms. The summed E-state index contributed by atoms with van der Waals surface area (Å²) >= 11 is 5.73. The highest BCUT2D eigenvalue weighted by Crippen LogP contribution is 2.29. The molecule has 0 aliphatic rings. The van der Waals surface area contributed by atoms with Crippen molar-refractivity contribution in [1.82, 2.24) is 4.31 Å². The molecule has 8 nitrogen and oxygen atoms in total. The Kier molecular flexibility index (Phi) is 6.27. The fourth-order valence-electron chi connectivity index (χ4n) is 1.70. The maximum atomic E-state index is 12.5. The topological polar surface area (TPSA) is 107 Å². The minimum atomic E-state index is -4.26. The number of carbonyl (C=O) groups excluding carboxylic acids is 1. The van der Waals surface area contributed by atoms with Gasteiger partial charge in [-0.25, -0.2) is 8.42 Å². The van der Waals surface area contributed by atoms with Crippen molar-refractivity contribution in [3.05, 3.63) is 33.3 Å². The lowest BCUT2D eigenvalue weighted by molar-refractivity contribution is -0.387. The van der Waals surface area contributed by atoms with Gasteiger partial charge in [0.2, 0.25) is 10.0 Å². The molecule has 122 valence electrons. The van der Waals surface area contributed by atoms with Crippen molar-refractivity contribution < 1.29 is 22.9 Å². The van der Waals surface area contributed by atoms with Crippen molar-refractivity contribution in [2.45, 2.75) is 18.7 Å². The molecule has 0 fully saturated rings. The van der Waals surface area contributed by atoms with Crippen molar-refractivity contribution in [1.29, 1.82) is 0 Å². The maximum Gasteiger partial charge on any atom is 0.321 e. The van der Waals surface area contributed by atoms with Gasteiger partial charge in [-0.05, 0) is 19.1 Å². The van der Waals surface area contributed by atoms with Gasteiger partial charge in [0.05, 0.1) is 11.5 Å². The summed E-state index contributed by atoms with van der Waals surface area (Å²) in [5, 5.41) is 11.0. The number of hydrogen-bond acceptors (Lipinski definition) is 6. The van der Waals surface area contributed by atoms with Gasteiger partial charge in [-0.15, -0.1) is 0 Å². The number of nitro benzene ring substituents is 1. The molecule has 22 heavy (non-hydrogen) atoms. The molecule has 1 rings (SSSR count). The van der Waals surface area contributed by atoms with Gasteiger partial charge in [0.15, 0.2) is 4.90 Å². The molecule has 1 aromatic carbocycles. The molecular formula is C12H15ClN2O6S. The van der Waals surface area contributed by atoms with E-state index in [1.54, 1.807) is 6.92 Å². The molecular weight excluding hydrogens is 336 g/mol. The first kappa shape index (κ1) is 18.3. The number of likely N-dealkylation sites (N-methyl/N-ethyl adjacent to an activating group) is 1. The molecule has 0 aliphatic heterocycles. The van der Waals surface area contributed by atoms with Gasteiger partial charge in [-0.1, -0.05) is 18.5 Å². The van der Waals surface area contributed by atoms with E-state index in [2.05, 4.69) is 0 Å². The van der Waals surface area contributed by atoms with Crippen LogP contribution in [-0.4, -0.2) is 43.3 Å². The van der Waals surface area contributed by atoms with Crippen LogP contribution in [0.2, 0.25) is 5.02 Å². The molecule has 0 saturated carbocycles. The molecule has 0 heterocycles. The van der Waals surface area contributed by atoms with E-state index in [1.807, 2.05) is 0 Å². The summed E-state index contributed by atoms with van der Waals surface area (Å²) in [6.45, 7) is 2.62. The molecule has 0 saturated heterocycles. The number of halogens is 1. The Morgan fingerprint density at radius 3 is 2.55 bits per heavy atom. The number of nitro groups is 1. The predicted molar refractivity (Wildman–Crippen MR) is 79.2 cm³/mol. The van der Waals surface area contributed by atoms with Crippen LogP contribution < -0.4 is 0 Å². The molecule has 0 amide bonds. The third-order valence-corrected chi connectivity index (χ3v) is 4.88. The first-order valence-electron chi connectivity index (χ1n) is 6.33. The molecule has 0 aliphatic carbocycles. The summed E-state index contributed by atoms with van der Waals surface area (Å²) in [5.74, 6) is -0.738. The van der Waals surface area contributed by atoms with E-state index >= 15 is 0 Å². The van der Waals surface area contributed by atoms with E-state index in [0.717, 1.165) is 16.4 Å². The summed E-state index contributed by atoms with van der Waals surface area (Å²) in [6.07, 6.45) is 0. The highest BCUT2D eigenvalue weighted by molar-refractivity contribution is 7.89. The first-order valence-corrected chi connectivity index (χ1v) is 8.15. The Balaban J connectivity index is 3.29. The van der Waals surface area contributed by atoms with Gasteiger partial charge in [-0.2, -0.15) is 4.31 Å². The molecule has 10 heteroatoms. The van der Waals surface area contributed by atoms with Crippen molar-refractivity contribution >= 4 is 33.3 Å². The van der Waals surface area contributed by atoms with Crippen LogP contribution >= 0.6 is 11.6 Å². The lowest BCUT2D eigenvalue weighted by Crippen LogP contribution is -2.36. The van der Waals surface area contributed by atoms with Crippen LogP contribution in [0.5, 0.6) is 0 Å². The molecule has 0 bridgehead atoms. The average Bonchev–Trinajstić information content (AvgIpc) is 2.44. The van der Waals surface area contributed by atoms with Crippen molar-refractivity contribution in [2.75, 3.05) is 19.7 Å². The summed E-state index contributed by atoms with van der Waals surface area (Å²) in [5.41, 5.74) is -0.605. The van der Waals surface area contributed by atoms with Crippen molar-refractivity contribution in [2.24, 2.45) is 0 Å². The molecule has 0 unspecified atom stereocenters. The Labute approximate surface area is 132 Å². The lowest BCUT2D eigenvalue weighted by Gasteiger charge is -2.19. The van der Waals surface area contributed by atoms with Crippen LogP contribution in [0.1, 0.15) is 13.8 Å². The van der Waals surface area contributed by atoms with Gasteiger partial charge < -0.3 is 4.74 Å². The van der Waals surface area contributed by atoms with E-state index in [0.29, 0.717) is 0 Å². The number of hydrogen-bond donors (Lipinski definition) is 0. The second-order valence-corrected chi connectivity index (χ2v) is 6.45. The zero-order chi connectivity index (χ0) is 16.9. The normalized spacial score (nSPS) is 11.5. The van der Waals surface area contributed by atoms with E-state index in [4.69, 9.17) is 16.3 Å². The minimum Gasteiger partial charge on any atom is -0.465 e. The van der Waals surface area contributed by atoms with Crippen molar-refractivity contribution in [3.8, 4) is 0 Å². The van der Waals surface area contributed by atoms with Gasteiger partial charge >= 0.3 is 5.97 Å². The molecule has 0 aromatic heterocycles. The quantitative estimate of drug-likeness (QED) is 0.421. The van der Waals surface area contributed by atoms with E-state index < -0.39 is 38.0 Å². The first-order chi connectivity index (χ1) is 10.2. The Morgan fingerprint density at radius 1 is 1.41 bits per heavy atom. The van der Waals surface area contributed by atoms with Crippen LogP contribution in [0.25, 0.3) is 0 Å². The van der Waals surface area contributed by atoms with Crippen LogP contribution in [0.15, 0.2) is 23.1 Å². The highest BCUT2D eigenvalue weighted by Gasteiger charge is 2.32. The summed E-state index contributed by atoms with van der Waals surface area (Å²) in [6, 6.07) is 3.22. The van der Waals surface area contributed by atoms with E-state index in [9.17, 15) is 23.3 Å². The zero-order valence-electron chi connectivity index (χ0n) is 12.0. The number of ether oxygens (including phenoxy) is 1. The minimum absolute atomic E-state index is 0.0383. The van der Waals surface area contributed by atoms with Crippen LogP contribution in [0.3, 0.4) is 0 Å². The molecule has 0 N–H and O–H groups in total. The average molecular weight is 351 g/mol. The summed E-state index contributed by atoms with van der Waals surface area (Å²) in [4.78, 5) is 21.1. The second kappa shape index (κ2) is 7.52. The number of benzene rings is 1. The fourth-order valence-corrected chi connectivity index (χ4v) is 3.51. The Bertz CT molecular complexity index is 676. The maximum absolute atomic E-state index is 12.5. The van der Waals surface area contributed by atoms with Gasteiger partial charge in [0, 0.05) is 17.6 Å².